The van der Waals surface area contributed by atoms with Gasteiger partial charge in [0.15, 0.2) is 0 Å². The van der Waals surface area contributed by atoms with Gasteiger partial charge >= 0.3 is 10.2 Å². The third kappa shape index (κ3) is 4.87. The Kier molecular flexibility index (Phi) is 5.43. The van der Waals surface area contributed by atoms with Gasteiger partial charge in [-0.3, -0.25) is 0 Å². The largest absolute Gasteiger partial charge is 0.314 e. The number of nitrogens with zero attached hydrogens (tertiary/aromatic N) is 4. The van der Waals surface area contributed by atoms with Gasteiger partial charge in [0, 0.05) is 19.1 Å². The molecule has 9 heteroatoms. The third-order valence-electron chi connectivity index (χ3n) is 3.43. The number of hydrogen-bond acceptors (Lipinski definition) is 6. The van der Waals surface area contributed by atoms with Crippen molar-refractivity contribution in [2.75, 3.05) is 24.4 Å². The van der Waals surface area contributed by atoms with Crippen molar-refractivity contribution in [2.45, 2.75) is 32.7 Å². The van der Waals surface area contributed by atoms with E-state index in [-0.39, 0.29) is 5.95 Å². The average Bonchev–Trinajstić information content (AvgIpc) is 2.46. The second-order valence-corrected chi connectivity index (χ2v) is 7.15. The van der Waals surface area contributed by atoms with Crippen molar-refractivity contribution in [1.82, 2.24) is 24.8 Å². The van der Waals surface area contributed by atoms with Crippen molar-refractivity contribution >= 4 is 16.2 Å². The summed E-state index contributed by atoms with van der Waals surface area (Å²) in [5.74, 6) is 0.523. The number of anilines is 1. The molecule has 1 aromatic rings. The Labute approximate surface area is 125 Å². The van der Waals surface area contributed by atoms with Crippen LogP contribution in [0.1, 0.15) is 26.7 Å². The lowest BCUT2D eigenvalue weighted by atomic mass is 9.98. The molecule has 2 N–H and O–H groups in total. The Balaban J connectivity index is 1.86. The van der Waals surface area contributed by atoms with Crippen molar-refractivity contribution in [3.63, 3.8) is 0 Å². The van der Waals surface area contributed by atoms with E-state index in [1.54, 1.807) is 0 Å². The first-order valence-electron chi connectivity index (χ1n) is 7.12. The zero-order valence-electron chi connectivity index (χ0n) is 12.4. The van der Waals surface area contributed by atoms with Crippen LogP contribution in [0.25, 0.3) is 0 Å². The standard InChI is InChI=1S/C12H22N6O2S/c1-10(2)14-9-11-3-7-18(8-4-11)21(19,20)17-12-13-5-6-15-16-12/h5-6,10-11,14H,3-4,7-9H2,1-2H3,(H,13,16,17). The molecule has 0 saturated carbocycles. The molecule has 0 radical (unpaired) electrons. The van der Waals surface area contributed by atoms with E-state index in [9.17, 15) is 8.42 Å². The van der Waals surface area contributed by atoms with E-state index in [2.05, 4.69) is 39.1 Å². The molecule has 8 nitrogen and oxygen atoms in total. The topological polar surface area (TPSA) is 100 Å². The molecule has 0 bridgehead atoms. The second kappa shape index (κ2) is 7.10. The van der Waals surface area contributed by atoms with Crippen LogP contribution in [0, 0.1) is 5.92 Å². The second-order valence-electron chi connectivity index (χ2n) is 5.48. The number of piperidine rings is 1. The summed E-state index contributed by atoms with van der Waals surface area (Å²) in [6.45, 7) is 6.18. The fourth-order valence-electron chi connectivity index (χ4n) is 2.23. The first-order valence-corrected chi connectivity index (χ1v) is 8.56. The van der Waals surface area contributed by atoms with E-state index in [0.29, 0.717) is 25.0 Å². The van der Waals surface area contributed by atoms with Crippen LogP contribution in [-0.4, -0.2) is 53.6 Å². The summed E-state index contributed by atoms with van der Waals surface area (Å²) in [6.07, 6.45) is 4.50. The van der Waals surface area contributed by atoms with E-state index in [1.165, 1.54) is 16.7 Å². The predicted molar refractivity (Wildman–Crippen MR) is 79.8 cm³/mol. The van der Waals surface area contributed by atoms with Crippen LogP contribution < -0.4 is 10.0 Å². The van der Waals surface area contributed by atoms with Crippen LogP contribution >= 0.6 is 0 Å². The molecule has 21 heavy (non-hydrogen) atoms. The summed E-state index contributed by atoms with van der Waals surface area (Å²) in [5, 5.41) is 10.6. The molecule has 0 unspecified atom stereocenters. The zero-order valence-corrected chi connectivity index (χ0v) is 13.2. The lowest BCUT2D eigenvalue weighted by Crippen LogP contribution is -2.44. The molecule has 0 spiro atoms. The Hall–Kier alpha value is -1.32. The van der Waals surface area contributed by atoms with Crippen molar-refractivity contribution < 1.29 is 8.42 Å². The van der Waals surface area contributed by atoms with Gasteiger partial charge < -0.3 is 5.32 Å². The molecule has 1 saturated heterocycles. The lowest BCUT2D eigenvalue weighted by Gasteiger charge is -2.31. The number of aromatic nitrogens is 3. The van der Waals surface area contributed by atoms with Crippen molar-refractivity contribution in [3.05, 3.63) is 12.4 Å². The highest BCUT2D eigenvalue weighted by Crippen LogP contribution is 2.19. The quantitative estimate of drug-likeness (QED) is 0.780. The summed E-state index contributed by atoms with van der Waals surface area (Å²) >= 11 is 0. The smallest absolute Gasteiger partial charge is 0.304 e. The molecule has 2 heterocycles. The maximum atomic E-state index is 12.2. The summed E-state index contributed by atoms with van der Waals surface area (Å²) in [5.41, 5.74) is 0. The van der Waals surface area contributed by atoms with Gasteiger partial charge in [-0.25, -0.2) is 9.71 Å². The minimum atomic E-state index is -3.59. The summed E-state index contributed by atoms with van der Waals surface area (Å²) in [4.78, 5) is 3.82. The average molecular weight is 314 g/mol. The van der Waals surface area contributed by atoms with E-state index in [1.807, 2.05) is 0 Å². The Morgan fingerprint density at radius 1 is 1.33 bits per heavy atom. The van der Waals surface area contributed by atoms with Crippen molar-refractivity contribution in [2.24, 2.45) is 5.92 Å². The zero-order chi connectivity index (χ0) is 15.3. The molecular weight excluding hydrogens is 292 g/mol. The highest BCUT2D eigenvalue weighted by Gasteiger charge is 2.28. The van der Waals surface area contributed by atoms with Crippen LogP contribution in [0.5, 0.6) is 0 Å². The van der Waals surface area contributed by atoms with E-state index in [4.69, 9.17) is 0 Å². The minimum absolute atomic E-state index is 0.00102. The molecule has 0 aromatic carbocycles. The van der Waals surface area contributed by atoms with Crippen LogP contribution in [0.15, 0.2) is 12.4 Å². The van der Waals surface area contributed by atoms with Crippen LogP contribution in [0.4, 0.5) is 5.95 Å². The van der Waals surface area contributed by atoms with Gasteiger partial charge in [-0.05, 0) is 25.3 Å². The first kappa shape index (κ1) is 16.1. The predicted octanol–water partition coefficient (Wildman–Crippen LogP) is 0.238. The van der Waals surface area contributed by atoms with Crippen LogP contribution in [0.2, 0.25) is 0 Å². The molecule has 0 atom stereocenters. The van der Waals surface area contributed by atoms with Crippen LogP contribution in [0.3, 0.4) is 0 Å². The molecule has 118 valence electrons. The summed E-state index contributed by atoms with van der Waals surface area (Å²) < 4.78 is 28.2. The molecule has 2 rings (SSSR count). The monoisotopic (exact) mass is 314 g/mol. The van der Waals surface area contributed by atoms with E-state index < -0.39 is 10.2 Å². The Morgan fingerprint density at radius 3 is 2.62 bits per heavy atom. The molecule has 1 fully saturated rings. The first-order chi connectivity index (χ1) is 9.97. The fraction of sp³-hybridized carbons (Fsp3) is 0.750. The van der Waals surface area contributed by atoms with Crippen molar-refractivity contribution in [1.29, 1.82) is 0 Å². The van der Waals surface area contributed by atoms with E-state index in [0.717, 1.165) is 19.4 Å². The fourth-order valence-corrected chi connectivity index (χ4v) is 3.38. The van der Waals surface area contributed by atoms with Gasteiger partial charge in [0.2, 0.25) is 0 Å². The van der Waals surface area contributed by atoms with Gasteiger partial charge in [-0.15, -0.1) is 5.10 Å². The van der Waals surface area contributed by atoms with Crippen LogP contribution in [-0.2, 0) is 10.2 Å². The van der Waals surface area contributed by atoms with E-state index >= 15 is 0 Å². The Bertz CT molecular complexity index is 528. The van der Waals surface area contributed by atoms with Crippen molar-refractivity contribution in [3.8, 4) is 0 Å². The normalized spacial score (nSPS) is 18.0. The molecule has 0 aliphatic carbocycles. The van der Waals surface area contributed by atoms with Gasteiger partial charge in [-0.1, -0.05) is 13.8 Å². The molecule has 1 aliphatic heterocycles. The number of nitrogens with one attached hydrogen (secondary N) is 2. The highest BCUT2D eigenvalue weighted by molar-refractivity contribution is 7.90. The van der Waals surface area contributed by atoms with Gasteiger partial charge in [0.25, 0.3) is 5.95 Å². The van der Waals surface area contributed by atoms with Gasteiger partial charge in [0.05, 0.1) is 12.4 Å². The molecule has 0 amide bonds. The number of rotatable bonds is 6. The molecule has 1 aromatic heterocycles. The molecular formula is C12H22N6O2S. The van der Waals surface area contributed by atoms with Gasteiger partial charge in [0.1, 0.15) is 0 Å². The number of hydrogen-bond donors (Lipinski definition) is 2. The minimum Gasteiger partial charge on any atom is -0.314 e. The SMILES string of the molecule is CC(C)NCC1CCN(S(=O)(=O)Nc2nccnn2)CC1. The molecule has 1 aliphatic rings. The maximum Gasteiger partial charge on any atom is 0.304 e. The maximum absolute atomic E-state index is 12.2. The van der Waals surface area contributed by atoms with Gasteiger partial charge in [-0.2, -0.15) is 17.8 Å². The lowest BCUT2D eigenvalue weighted by molar-refractivity contribution is 0.265. The highest BCUT2D eigenvalue weighted by atomic mass is 32.2. The summed E-state index contributed by atoms with van der Waals surface area (Å²) in [7, 11) is -3.59. The summed E-state index contributed by atoms with van der Waals surface area (Å²) in [6, 6.07) is 0.455. The third-order valence-corrected chi connectivity index (χ3v) is 4.92. The Morgan fingerprint density at radius 2 is 2.05 bits per heavy atom.